The summed E-state index contributed by atoms with van der Waals surface area (Å²) in [5.41, 5.74) is 1.11. The van der Waals surface area contributed by atoms with Gasteiger partial charge in [-0.05, 0) is 44.8 Å². The van der Waals surface area contributed by atoms with E-state index in [9.17, 15) is 0 Å². The zero-order valence-electron chi connectivity index (χ0n) is 9.79. The summed E-state index contributed by atoms with van der Waals surface area (Å²) in [6.45, 7) is 1.84. The molecule has 0 aliphatic carbocycles. The van der Waals surface area contributed by atoms with Crippen LogP contribution in [0, 0.1) is 0 Å². The number of nitrogens with one attached hydrogen (secondary N) is 1. The maximum absolute atomic E-state index is 5.60. The molecule has 3 heteroatoms. The van der Waals surface area contributed by atoms with Gasteiger partial charge < -0.3 is 15.0 Å². The van der Waals surface area contributed by atoms with Gasteiger partial charge in [0.1, 0.15) is 5.75 Å². The lowest BCUT2D eigenvalue weighted by Gasteiger charge is -2.10. The van der Waals surface area contributed by atoms with Gasteiger partial charge in [-0.25, -0.2) is 0 Å². The minimum atomic E-state index is 0.775. The number of anilines is 1. The standard InChI is InChI=1S/C12H20N2O/c1-13-11-5-7-12(8-6-11)15-10-4-9-14(2)3/h5-8,13H,4,9-10H2,1-3H3. The second-order valence-electron chi connectivity index (χ2n) is 3.78. The van der Waals surface area contributed by atoms with Gasteiger partial charge in [-0.15, -0.1) is 0 Å². The Morgan fingerprint density at radius 1 is 1.20 bits per heavy atom. The van der Waals surface area contributed by atoms with Crippen LogP contribution in [0.3, 0.4) is 0 Å². The Kier molecular flexibility index (Phi) is 4.98. The predicted octanol–water partition coefficient (Wildman–Crippen LogP) is 2.06. The zero-order valence-corrected chi connectivity index (χ0v) is 9.79. The van der Waals surface area contributed by atoms with E-state index in [1.165, 1.54) is 0 Å². The van der Waals surface area contributed by atoms with Gasteiger partial charge in [-0.1, -0.05) is 0 Å². The summed E-state index contributed by atoms with van der Waals surface area (Å²) in [6, 6.07) is 8.01. The molecule has 0 fully saturated rings. The van der Waals surface area contributed by atoms with Crippen molar-refractivity contribution in [3.63, 3.8) is 0 Å². The minimum Gasteiger partial charge on any atom is -0.494 e. The lowest BCUT2D eigenvalue weighted by Crippen LogP contribution is -2.15. The van der Waals surface area contributed by atoms with Crippen molar-refractivity contribution in [1.82, 2.24) is 4.90 Å². The first-order chi connectivity index (χ1) is 7.22. The van der Waals surface area contributed by atoms with E-state index in [0.717, 1.165) is 31.0 Å². The monoisotopic (exact) mass is 208 g/mol. The Morgan fingerprint density at radius 3 is 2.40 bits per heavy atom. The summed E-state index contributed by atoms with van der Waals surface area (Å²) < 4.78 is 5.60. The van der Waals surface area contributed by atoms with Crippen molar-refractivity contribution in [1.29, 1.82) is 0 Å². The number of benzene rings is 1. The Hall–Kier alpha value is -1.22. The van der Waals surface area contributed by atoms with E-state index in [-0.39, 0.29) is 0 Å². The molecular weight excluding hydrogens is 188 g/mol. The maximum atomic E-state index is 5.60. The van der Waals surface area contributed by atoms with Crippen LogP contribution in [0.4, 0.5) is 5.69 Å². The van der Waals surface area contributed by atoms with Crippen LogP contribution in [-0.2, 0) is 0 Å². The molecule has 0 saturated carbocycles. The molecule has 0 amide bonds. The lowest BCUT2D eigenvalue weighted by molar-refractivity contribution is 0.281. The lowest BCUT2D eigenvalue weighted by atomic mass is 10.3. The molecule has 0 spiro atoms. The van der Waals surface area contributed by atoms with Crippen molar-refractivity contribution < 1.29 is 4.74 Å². The van der Waals surface area contributed by atoms with E-state index < -0.39 is 0 Å². The first kappa shape index (κ1) is 11.9. The van der Waals surface area contributed by atoms with Crippen molar-refractivity contribution in [2.24, 2.45) is 0 Å². The highest BCUT2D eigenvalue weighted by atomic mass is 16.5. The summed E-state index contributed by atoms with van der Waals surface area (Å²) >= 11 is 0. The quantitative estimate of drug-likeness (QED) is 0.724. The van der Waals surface area contributed by atoms with Gasteiger partial charge in [0.15, 0.2) is 0 Å². The molecule has 1 N–H and O–H groups in total. The molecule has 0 radical (unpaired) electrons. The van der Waals surface area contributed by atoms with E-state index in [2.05, 4.69) is 24.3 Å². The summed E-state index contributed by atoms with van der Waals surface area (Å²) in [5.74, 6) is 0.938. The zero-order chi connectivity index (χ0) is 11.1. The molecule has 84 valence electrons. The van der Waals surface area contributed by atoms with Crippen molar-refractivity contribution >= 4 is 5.69 Å². The molecule has 1 aromatic rings. The molecule has 0 aliphatic rings. The first-order valence-corrected chi connectivity index (χ1v) is 5.27. The molecule has 1 aromatic carbocycles. The third-order valence-corrected chi connectivity index (χ3v) is 2.16. The van der Waals surface area contributed by atoms with E-state index in [4.69, 9.17) is 4.74 Å². The van der Waals surface area contributed by atoms with Gasteiger partial charge >= 0.3 is 0 Å². The Labute approximate surface area is 92.0 Å². The fourth-order valence-electron chi connectivity index (χ4n) is 1.29. The highest BCUT2D eigenvalue weighted by molar-refractivity contribution is 5.45. The fourth-order valence-corrected chi connectivity index (χ4v) is 1.29. The summed E-state index contributed by atoms with van der Waals surface area (Å²) in [6.07, 6.45) is 1.06. The molecule has 0 unspecified atom stereocenters. The van der Waals surface area contributed by atoms with E-state index in [1.807, 2.05) is 31.3 Å². The SMILES string of the molecule is CNc1ccc(OCCCN(C)C)cc1. The van der Waals surface area contributed by atoms with Crippen LogP contribution in [0.2, 0.25) is 0 Å². The smallest absolute Gasteiger partial charge is 0.119 e. The number of ether oxygens (including phenoxy) is 1. The summed E-state index contributed by atoms with van der Waals surface area (Å²) in [5, 5.41) is 3.07. The van der Waals surface area contributed by atoms with Crippen LogP contribution in [0.25, 0.3) is 0 Å². The molecule has 0 atom stereocenters. The van der Waals surface area contributed by atoms with Gasteiger partial charge in [0.2, 0.25) is 0 Å². The highest BCUT2D eigenvalue weighted by Crippen LogP contribution is 2.14. The third kappa shape index (κ3) is 4.70. The first-order valence-electron chi connectivity index (χ1n) is 5.27. The fraction of sp³-hybridized carbons (Fsp3) is 0.500. The van der Waals surface area contributed by atoms with E-state index in [1.54, 1.807) is 0 Å². The van der Waals surface area contributed by atoms with Crippen LogP contribution < -0.4 is 10.1 Å². The average molecular weight is 208 g/mol. The normalized spacial score (nSPS) is 10.4. The van der Waals surface area contributed by atoms with Gasteiger partial charge in [0.25, 0.3) is 0 Å². The molecule has 0 heterocycles. The number of rotatable bonds is 6. The number of hydrogen-bond acceptors (Lipinski definition) is 3. The van der Waals surface area contributed by atoms with Crippen molar-refractivity contribution in [3.8, 4) is 5.75 Å². The number of hydrogen-bond donors (Lipinski definition) is 1. The molecule has 0 aliphatic heterocycles. The third-order valence-electron chi connectivity index (χ3n) is 2.16. The highest BCUT2D eigenvalue weighted by Gasteiger charge is 1.95. The molecule has 0 aromatic heterocycles. The molecule has 0 saturated heterocycles. The Morgan fingerprint density at radius 2 is 1.87 bits per heavy atom. The van der Waals surface area contributed by atoms with Crippen molar-refractivity contribution in [3.05, 3.63) is 24.3 Å². The van der Waals surface area contributed by atoms with Crippen molar-refractivity contribution in [2.45, 2.75) is 6.42 Å². The molecule has 1 rings (SSSR count). The van der Waals surface area contributed by atoms with Crippen LogP contribution in [0.1, 0.15) is 6.42 Å². The second-order valence-corrected chi connectivity index (χ2v) is 3.78. The minimum absolute atomic E-state index is 0.775. The summed E-state index contributed by atoms with van der Waals surface area (Å²) in [7, 11) is 6.05. The maximum Gasteiger partial charge on any atom is 0.119 e. The number of nitrogens with zero attached hydrogens (tertiary/aromatic N) is 1. The molecule has 3 nitrogen and oxygen atoms in total. The Balaban J connectivity index is 2.25. The Bertz CT molecular complexity index is 269. The molecule has 0 bridgehead atoms. The van der Waals surface area contributed by atoms with Gasteiger partial charge in [-0.2, -0.15) is 0 Å². The topological polar surface area (TPSA) is 24.5 Å². The molecular formula is C12H20N2O. The largest absolute Gasteiger partial charge is 0.494 e. The van der Waals surface area contributed by atoms with Crippen LogP contribution >= 0.6 is 0 Å². The second kappa shape index (κ2) is 6.30. The van der Waals surface area contributed by atoms with Crippen LogP contribution in [-0.4, -0.2) is 39.2 Å². The van der Waals surface area contributed by atoms with E-state index >= 15 is 0 Å². The van der Waals surface area contributed by atoms with Crippen molar-refractivity contribution in [2.75, 3.05) is 39.6 Å². The summed E-state index contributed by atoms with van der Waals surface area (Å²) in [4.78, 5) is 2.16. The van der Waals surface area contributed by atoms with E-state index in [0.29, 0.717) is 0 Å². The predicted molar refractivity (Wildman–Crippen MR) is 64.7 cm³/mol. The van der Waals surface area contributed by atoms with Gasteiger partial charge in [-0.3, -0.25) is 0 Å². The van der Waals surface area contributed by atoms with Crippen LogP contribution in [0.15, 0.2) is 24.3 Å². The average Bonchev–Trinajstić information content (AvgIpc) is 2.25. The van der Waals surface area contributed by atoms with Crippen LogP contribution in [0.5, 0.6) is 5.75 Å². The van der Waals surface area contributed by atoms with Gasteiger partial charge in [0.05, 0.1) is 6.61 Å². The molecule has 15 heavy (non-hydrogen) atoms. The van der Waals surface area contributed by atoms with Gasteiger partial charge in [0, 0.05) is 19.3 Å².